The molecule has 0 aliphatic carbocycles. The molecular weight excluding hydrogens is 436 g/mol. The van der Waals surface area contributed by atoms with E-state index in [4.69, 9.17) is 22.9 Å². The molecule has 0 aromatic heterocycles. The number of guanidine groups is 1. The number of carbonyl (C=O) groups excluding carboxylic acids is 4. The molecule has 0 saturated carbocycles. The van der Waals surface area contributed by atoms with Crippen molar-refractivity contribution in [1.29, 1.82) is 0 Å². The molecule has 0 aliphatic rings. The first-order valence-electron chi connectivity index (χ1n) is 10.5. The number of primary amides is 1. The summed E-state index contributed by atoms with van der Waals surface area (Å²) in [5, 5.41) is 16.4. The Morgan fingerprint density at radius 1 is 0.939 bits per heavy atom. The van der Waals surface area contributed by atoms with Crippen molar-refractivity contribution in [3.05, 3.63) is 0 Å². The van der Waals surface area contributed by atoms with E-state index < -0.39 is 54.3 Å². The van der Waals surface area contributed by atoms with Gasteiger partial charge in [0.15, 0.2) is 5.96 Å². The monoisotopic (exact) mass is 472 g/mol. The third-order valence-corrected chi connectivity index (χ3v) is 4.38. The van der Waals surface area contributed by atoms with Gasteiger partial charge in [-0.05, 0) is 31.6 Å². The maximum absolute atomic E-state index is 12.6. The van der Waals surface area contributed by atoms with E-state index in [9.17, 15) is 29.1 Å². The van der Waals surface area contributed by atoms with Gasteiger partial charge in [0.1, 0.15) is 12.1 Å². The van der Waals surface area contributed by atoms with Crippen molar-refractivity contribution in [3.8, 4) is 0 Å². The van der Waals surface area contributed by atoms with Crippen LogP contribution in [0.3, 0.4) is 0 Å². The second kappa shape index (κ2) is 15.4. The quantitative estimate of drug-likeness (QED) is 0.0639. The van der Waals surface area contributed by atoms with Crippen LogP contribution in [-0.4, -0.2) is 71.9 Å². The second-order valence-corrected chi connectivity index (χ2v) is 7.93. The minimum Gasteiger partial charge on any atom is -0.480 e. The highest BCUT2D eigenvalue weighted by Crippen LogP contribution is 2.05. The van der Waals surface area contributed by atoms with Gasteiger partial charge in [0.2, 0.25) is 23.6 Å². The largest absolute Gasteiger partial charge is 0.480 e. The molecule has 188 valence electrons. The van der Waals surface area contributed by atoms with Crippen molar-refractivity contribution in [3.63, 3.8) is 0 Å². The number of amides is 4. The van der Waals surface area contributed by atoms with Crippen molar-refractivity contribution in [2.75, 3.05) is 13.1 Å². The molecule has 14 nitrogen and oxygen atoms in total. The van der Waals surface area contributed by atoms with E-state index in [1.54, 1.807) is 0 Å². The summed E-state index contributed by atoms with van der Waals surface area (Å²) < 4.78 is 0. The molecule has 0 aliphatic heterocycles. The maximum atomic E-state index is 12.6. The predicted molar refractivity (Wildman–Crippen MR) is 120 cm³/mol. The smallest absolute Gasteiger partial charge is 0.326 e. The number of hydrogen-bond donors (Lipinski definition) is 8. The Hall–Kier alpha value is -3.42. The first kappa shape index (κ1) is 29.6. The summed E-state index contributed by atoms with van der Waals surface area (Å²) in [5.41, 5.74) is 21.3. The molecule has 14 heteroatoms. The van der Waals surface area contributed by atoms with E-state index in [2.05, 4.69) is 20.9 Å². The number of hydrogen-bond acceptors (Lipinski definition) is 7. The van der Waals surface area contributed by atoms with Crippen LogP contribution in [0.15, 0.2) is 4.99 Å². The molecule has 0 heterocycles. The van der Waals surface area contributed by atoms with Crippen molar-refractivity contribution in [2.24, 2.45) is 33.8 Å². The van der Waals surface area contributed by atoms with Crippen LogP contribution >= 0.6 is 0 Å². The molecule has 0 aromatic carbocycles. The predicted octanol–water partition coefficient (Wildman–Crippen LogP) is -3.15. The number of nitrogens with one attached hydrogen (secondary N) is 3. The Labute approximate surface area is 192 Å². The van der Waals surface area contributed by atoms with Gasteiger partial charge in [0.25, 0.3) is 0 Å². The number of carboxylic acid groups (broad SMARTS) is 1. The summed E-state index contributed by atoms with van der Waals surface area (Å²) in [5.74, 6) is -3.94. The third kappa shape index (κ3) is 14.3. The highest BCUT2D eigenvalue weighted by atomic mass is 16.4. The van der Waals surface area contributed by atoms with Crippen molar-refractivity contribution in [2.45, 2.75) is 64.1 Å². The van der Waals surface area contributed by atoms with Gasteiger partial charge in [-0.15, -0.1) is 0 Å². The van der Waals surface area contributed by atoms with Gasteiger partial charge in [-0.25, -0.2) is 4.79 Å². The molecule has 0 spiro atoms. The molecule has 12 N–H and O–H groups in total. The Bertz CT molecular complexity index is 723. The van der Waals surface area contributed by atoms with Crippen LogP contribution in [0.1, 0.15) is 46.0 Å². The van der Waals surface area contributed by atoms with Crippen molar-refractivity contribution in [1.82, 2.24) is 16.0 Å². The zero-order valence-electron chi connectivity index (χ0n) is 19.0. The minimum absolute atomic E-state index is 0.00165. The number of carbonyl (C=O) groups is 5. The second-order valence-electron chi connectivity index (χ2n) is 7.93. The first-order valence-corrected chi connectivity index (χ1v) is 10.5. The van der Waals surface area contributed by atoms with Crippen molar-refractivity contribution >= 4 is 35.6 Å². The SMILES string of the molecule is CC(C)CC(NC(=O)CNC(=O)C(CCCN=C(N)N)NC(=O)C(N)CCC(N)=O)C(=O)O. The summed E-state index contributed by atoms with van der Waals surface area (Å²) in [4.78, 5) is 62.9. The van der Waals surface area contributed by atoms with Crippen LogP contribution in [0.25, 0.3) is 0 Å². The summed E-state index contributed by atoms with van der Waals surface area (Å²) in [6.45, 7) is 3.33. The molecule has 33 heavy (non-hydrogen) atoms. The highest BCUT2D eigenvalue weighted by Gasteiger charge is 2.25. The standard InChI is InChI=1S/C19H36N8O6/c1-10(2)8-13(18(32)33)26-15(29)9-25-17(31)12(4-3-7-24-19(22)23)27-16(30)11(20)5-6-14(21)28/h10-13H,3-9,20H2,1-2H3,(H2,21,28)(H,25,31)(H,26,29)(H,27,30)(H,32,33)(H4,22,23,24). The minimum atomic E-state index is -1.18. The summed E-state index contributed by atoms with van der Waals surface area (Å²) in [6.07, 6.45) is 0.579. The Morgan fingerprint density at radius 2 is 1.58 bits per heavy atom. The lowest BCUT2D eigenvalue weighted by Gasteiger charge is -2.21. The molecule has 0 saturated heterocycles. The molecular formula is C19H36N8O6. The first-order chi connectivity index (χ1) is 15.3. The fraction of sp³-hybridized carbons (Fsp3) is 0.684. The normalized spacial score (nSPS) is 13.3. The van der Waals surface area contributed by atoms with Gasteiger partial charge >= 0.3 is 5.97 Å². The molecule has 0 aromatic rings. The van der Waals surface area contributed by atoms with E-state index in [0.29, 0.717) is 6.42 Å². The van der Waals surface area contributed by atoms with E-state index in [1.807, 2.05) is 13.8 Å². The molecule has 3 atom stereocenters. The maximum Gasteiger partial charge on any atom is 0.326 e. The molecule has 0 radical (unpaired) electrons. The van der Waals surface area contributed by atoms with Crippen LogP contribution in [0.4, 0.5) is 0 Å². The van der Waals surface area contributed by atoms with Crippen LogP contribution in [-0.2, 0) is 24.0 Å². The van der Waals surface area contributed by atoms with Gasteiger partial charge in [-0.2, -0.15) is 0 Å². The Balaban J connectivity index is 4.99. The fourth-order valence-electron chi connectivity index (χ4n) is 2.71. The average Bonchev–Trinajstić information content (AvgIpc) is 2.70. The van der Waals surface area contributed by atoms with E-state index >= 15 is 0 Å². The Morgan fingerprint density at radius 3 is 2.09 bits per heavy atom. The topological polar surface area (TPSA) is 258 Å². The molecule has 4 amide bonds. The van der Waals surface area contributed by atoms with E-state index in [-0.39, 0.29) is 44.1 Å². The summed E-state index contributed by atoms with van der Waals surface area (Å²) >= 11 is 0. The fourth-order valence-corrected chi connectivity index (χ4v) is 2.71. The Kier molecular flexibility index (Phi) is 13.8. The zero-order valence-corrected chi connectivity index (χ0v) is 19.0. The lowest BCUT2D eigenvalue weighted by atomic mass is 10.0. The number of nitrogens with two attached hydrogens (primary N) is 4. The van der Waals surface area contributed by atoms with Crippen LogP contribution in [0.2, 0.25) is 0 Å². The summed E-state index contributed by atoms with van der Waals surface area (Å²) in [7, 11) is 0. The zero-order chi connectivity index (χ0) is 25.6. The number of nitrogens with zero attached hydrogens (tertiary/aromatic N) is 1. The van der Waals surface area contributed by atoms with Crippen LogP contribution in [0, 0.1) is 5.92 Å². The average molecular weight is 473 g/mol. The number of aliphatic imine (C=N–C) groups is 1. The lowest BCUT2D eigenvalue weighted by Crippen LogP contribution is -2.53. The summed E-state index contributed by atoms with van der Waals surface area (Å²) in [6, 6.07) is -3.22. The van der Waals surface area contributed by atoms with Gasteiger partial charge in [0.05, 0.1) is 12.6 Å². The van der Waals surface area contributed by atoms with Crippen LogP contribution < -0.4 is 38.9 Å². The highest BCUT2D eigenvalue weighted by molar-refractivity contribution is 5.92. The van der Waals surface area contributed by atoms with Crippen LogP contribution in [0.5, 0.6) is 0 Å². The van der Waals surface area contributed by atoms with E-state index in [1.165, 1.54) is 0 Å². The number of carboxylic acids is 1. The van der Waals surface area contributed by atoms with Gasteiger partial charge in [-0.1, -0.05) is 13.8 Å². The molecule has 0 rings (SSSR count). The number of rotatable bonds is 16. The van der Waals surface area contributed by atoms with Gasteiger partial charge < -0.3 is 44.0 Å². The molecule has 0 fully saturated rings. The van der Waals surface area contributed by atoms with E-state index in [0.717, 1.165) is 0 Å². The van der Waals surface area contributed by atoms with Crippen molar-refractivity contribution < 1.29 is 29.1 Å². The lowest BCUT2D eigenvalue weighted by molar-refractivity contribution is -0.142. The number of aliphatic carboxylic acids is 1. The molecule has 0 bridgehead atoms. The van der Waals surface area contributed by atoms with Gasteiger partial charge in [0, 0.05) is 13.0 Å². The molecule has 3 unspecified atom stereocenters. The third-order valence-electron chi connectivity index (χ3n) is 4.38. The van der Waals surface area contributed by atoms with Gasteiger partial charge in [-0.3, -0.25) is 24.2 Å².